The molecule has 0 atom stereocenters. The van der Waals surface area contributed by atoms with Crippen LogP contribution in [-0.4, -0.2) is 18.0 Å². The molecule has 0 saturated heterocycles. The third-order valence-electron chi connectivity index (χ3n) is 3.01. The predicted molar refractivity (Wildman–Crippen MR) is 75.6 cm³/mol. The average Bonchev–Trinajstić information content (AvgIpc) is 2.49. The first kappa shape index (κ1) is 16.3. The summed E-state index contributed by atoms with van der Waals surface area (Å²) >= 11 is 0. The number of esters is 1. The van der Waals surface area contributed by atoms with Crippen LogP contribution in [-0.2, 0) is 4.74 Å². The molecule has 0 spiro atoms. The zero-order valence-corrected chi connectivity index (χ0v) is 12.1. The molecule has 0 radical (unpaired) electrons. The Bertz CT molecular complexity index is 792. The van der Waals surface area contributed by atoms with Gasteiger partial charge in [-0.15, -0.1) is 0 Å². The molecule has 0 unspecified atom stereocenters. The minimum Gasteiger partial charge on any atom is -0.465 e. The molecule has 2 aromatic carbocycles. The van der Waals surface area contributed by atoms with Crippen molar-refractivity contribution in [2.45, 2.75) is 6.92 Å². The van der Waals surface area contributed by atoms with E-state index in [4.69, 9.17) is 4.74 Å². The summed E-state index contributed by atoms with van der Waals surface area (Å²) in [6, 6.07) is 4.84. The summed E-state index contributed by atoms with van der Waals surface area (Å²) in [5.41, 5.74) is -0.342. The van der Waals surface area contributed by atoms with Gasteiger partial charge in [-0.25, -0.2) is 13.6 Å². The van der Waals surface area contributed by atoms with Gasteiger partial charge in [0, 0.05) is 17.7 Å². The van der Waals surface area contributed by atoms with E-state index < -0.39 is 22.5 Å². The number of ether oxygens (including phenoxy) is 2. The highest BCUT2D eigenvalue weighted by Crippen LogP contribution is 2.33. The maximum atomic E-state index is 13.7. The van der Waals surface area contributed by atoms with Gasteiger partial charge in [0.1, 0.15) is 17.1 Å². The van der Waals surface area contributed by atoms with Gasteiger partial charge >= 0.3 is 5.97 Å². The van der Waals surface area contributed by atoms with Crippen molar-refractivity contribution in [3.8, 4) is 11.5 Å². The molecule has 23 heavy (non-hydrogen) atoms. The van der Waals surface area contributed by atoms with Gasteiger partial charge in [-0.2, -0.15) is 0 Å². The minimum absolute atomic E-state index is 0.134. The average molecular weight is 323 g/mol. The number of methoxy groups -OCH3 is 1. The Labute approximate surface area is 129 Å². The highest BCUT2D eigenvalue weighted by Gasteiger charge is 2.22. The predicted octanol–water partition coefficient (Wildman–Crippen LogP) is 3.76. The van der Waals surface area contributed by atoms with Crippen molar-refractivity contribution < 1.29 is 28.0 Å². The van der Waals surface area contributed by atoms with E-state index in [1.165, 1.54) is 13.0 Å². The lowest BCUT2D eigenvalue weighted by atomic mass is 10.1. The van der Waals surface area contributed by atoms with Gasteiger partial charge in [0.05, 0.1) is 12.0 Å². The zero-order valence-electron chi connectivity index (χ0n) is 12.1. The van der Waals surface area contributed by atoms with Crippen molar-refractivity contribution in [2.24, 2.45) is 0 Å². The number of hydrogen-bond donors (Lipinski definition) is 0. The van der Waals surface area contributed by atoms with Gasteiger partial charge in [-0.05, 0) is 25.1 Å². The van der Waals surface area contributed by atoms with Crippen LogP contribution in [0.3, 0.4) is 0 Å². The molecule has 0 fully saturated rings. The molecule has 0 aliphatic heterocycles. The molecular formula is C15H11F2NO5. The SMILES string of the molecule is COC(=O)c1cc([N+](=O)[O-])c(C)cc1Oc1ccc(F)cc1F. The third kappa shape index (κ3) is 3.42. The summed E-state index contributed by atoms with van der Waals surface area (Å²) in [5, 5.41) is 11.0. The first-order chi connectivity index (χ1) is 10.8. The van der Waals surface area contributed by atoms with Crippen molar-refractivity contribution in [1.82, 2.24) is 0 Å². The number of benzene rings is 2. The Morgan fingerprint density at radius 2 is 1.87 bits per heavy atom. The smallest absolute Gasteiger partial charge is 0.341 e. The molecule has 8 heteroatoms. The number of aryl methyl sites for hydroxylation is 1. The number of halogens is 2. The Hall–Kier alpha value is -3.03. The molecule has 0 bridgehead atoms. The molecule has 0 aromatic heterocycles. The van der Waals surface area contributed by atoms with E-state index in [9.17, 15) is 23.7 Å². The van der Waals surface area contributed by atoms with E-state index in [-0.39, 0.29) is 28.3 Å². The quantitative estimate of drug-likeness (QED) is 0.486. The van der Waals surface area contributed by atoms with Crippen LogP contribution in [0.1, 0.15) is 15.9 Å². The largest absolute Gasteiger partial charge is 0.465 e. The second-order valence-corrected chi connectivity index (χ2v) is 4.56. The highest BCUT2D eigenvalue weighted by atomic mass is 19.1. The summed E-state index contributed by atoms with van der Waals surface area (Å²) < 4.78 is 36.4. The molecule has 2 aromatic rings. The molecule has 120 valence electrons. The van der Waals surface area contributed by atoms with Gasteiger partial charge in [0.25, 0.3) is 5.69 Å². The summed E-state index contributed by atoms with van der Waals surface area (Å²) in [4.78, 5) is 22.1. The lowest BCUT2D eigenvalue weighted by Crippen LogP contribution is -2.06. The lowest BCUT2D eigenvalue weighted by molar-refractivity contribution is -0.385. The number of nitrogens with zero attached hydrogens (tertiary/aromatic N) is 1. The third-order valence-corrected chi connectivity index (χ3v) is 3.01. The van der Waals surface area contributed by atoms with Gasteiger partial charge < -0.3 is 9.47 Å². The lowest BCUT2D eigenvalue weighted by Gasteiger charge is -2.12. The van der Waals surface area contributed by atoms with Crippen molar-refractivity contribution in [2.75, 3.05) is 7.11 Å². The molecule has 0 aliphatic carbocycles. The summed E-state index contributed by atoms with van der Waals surface area (Å²) in [6.07, 6.45) is 0. The number of carbonyl (C=O) groups is 1. The number of rotatable bonds is 4. The van der Waals surface area contributed by atoms with E-state index in [2.05, 4.69) is 4.74 Å². The normalized spacial score (nSPS) is 10.3. The second kappa shape index (κ2) is 6.39. The highest BCUT2D eigenvalue weighted by molar-refractivity contribution is 5.93. The fraction of sp³-hybridized carbons (Fsp3) is 0.133. The van der Waals surface area contributed by atoms with Crippen LogP contribution < -0.4 is 4.74 Å². The van der Waals surface area contributed by atoms with Crippen molar-refractivity contribution >= 4 is 11.7 Å². The molecule has 0 aliphatic rings. The molecule has 6 nitrogen and oxygen atoms in total. The van der Waals surface area contributed by atoms with Crippen LogP contribution in [0.25, 0.3) is 0 Å². The minimum atomic E-state index is -0.975. The van der Waals surface area contributed by atoms with Gasteiger partial charge in [0.15, 0.2) is 11.6 Å². The first-order valence-corrected chi connectivity index (χ1v) is 6.33. The number of nitro groups is 1. The van der Waals surface area contributed by atoms with Crippen LogP contribution in [0.15, 0.2) is 30.3 Å². The Morgan fingerprint density at radius 1 is 1.17 bits per heavy atom. The van der Waals surface area contributed by atoms with Crippen molar-refractivity contribution in [3.63, 3.8) is 0 Å². The van der Waals surface area contributed by atoms with Crippen molar-refractivity contribution in [1.29, 1.82) is 0 Å². The van der Waals surface area contributed by atoms with E-state index in [1.54, 1.807) is 0 Å². The molecule has 2 rings (SSSR count). The number of carbonyl (C=O) groups excluding carboxylic acids is 1. The maximum Gasteiger partial charge on any atom is 0.341 e. The van der Waals surface area contributed by atoms with Crippen molar-refractivity contribution in [3.05, 3.63) is 63.2 Å². The van der Waals surface area contributed by atoms with Gasteiger partial charge in [0.2, 0.25) is 0 Å². The van der Waals surface area contributed by atoms with Gasteiger partial charge in [-0.1, -0.05) is 0 Å². The Morgan fingerprint density at radius 3 is 2.43 bits per heavy atom. The summed E-state index contributed by atoms with van der Waals surface area (Å²) in [6.45, 7) is 1.44. The number of nitro benzene ring substituents is 1. The zero-order chi connectivity index (χ0) is 17.1. The topological polar surface area (TPSA) is 78.7 Å². The summed E-state index contributed by atoms with van der Waals surface area (Å²) in [7, 11) is 1.09. The first-order valence-electron chi connectivity index (χ1n) is 6.33. The fourth-order valence-electron chi connectivity index (χ4n) is 1.90. The molecule has 0 amide bonds. The van der Waals surface area contributed by atoms with Crippen LogP contribution in [0.4, 0.5) is 14.5 Å². The Kier molecular flexibility index (Phi) is 4.54. The number of hydrogen-bond acceptors (Lipinski definition) is 5. The van der Waals surface area contributed by atoms with Crippen LogP contribution in [0.5, 0.6) is 11.5 Å². The molecule has 0 heterocycles. The van der Waals surface area contributed by atoms with E-state index in [0.29, 0.717) is 6.07 Å². The van der Waals surface area contributed by atoms with Crippen LogP contribution in [0.2, 0.25) is 0 Å². The van der Waals surface area contributed by atoms with Gasteiger partial charge in [-0.3, -0.25) is 10.1 Å². The summed E-state index contributed by atoms with van der Waals surface area (Å²) in [5.74, 6) is -3.11. The molecule has 0 saturated carbocycles. The molecular weight excluding hydrogens is 312 g/mol. The standard InChI is InChI=1S/C15H11F2NO5/c1-8-5-14(23-13-4-3-9(16)6-11(13)17)10(15(19)22-2)7-12(8)18(20)21/h3-7H,1-2H3. The van der Waals surface area contributed by atoms with E-state index in [0.717, 1.165) is 25.3 Å². The van der Waals surface area contributed by atoms with Crippen LogP contribution in [0, 0.1) is 28.7 Å². The second-order valence-electron chi connectivity index (χ2n) is 4.56. The molecule has 0 N–H and O–H groups in total. The fourth-order valence-corrected chi connectivity index (χ4v) is 1.90. The Balaban J connectivity index is 2.54. The van der Waals surface area contributed by atoms with E-state index in [1.807, 2.05) is 0 Å². The van der Waals surface area contributed by atoms with E-state index >= 15 is 0 Å². The van der Waals surface area contributed by atoms with Crippen LogP contribution >= 0.6 is 0 Å². The monoisotopic (exact) mass is 323 g/mol. The maximum absolute atomic E-state index is 13.7.